The van der Waals surface area contributed by atoms with Crippen LogP contribution in [0, 0.1) is 0 Å². The Hall–Kier alpha value is -1.39. The molecule has 24 heavy (non-hydrogen) atoms. The lowest BCUT2D eigenvalue weighted by molar-refractivity contribution is -0.121. The monoisotopic (exact) mass is 330 g/mol. The van der Waals surface area contributed by atoms with E-state index in [9.17, 15) is 9.90 Å². The van der Waals surface area contributed by atoms with E-state index < -0.39 is 0 Å². The maximum absolute atomic E-state index is 12.2. The van der Waals surface area contributed by atoms with Gasteiger partial charge in [-0.2, -0.15) is 0 Å². The zero-order chi connectivity index (χ0) is 16.8. The molecule has 1 heterocycles. The SMILES string of the molecule is O=C(CC1CCc2ccccc21)NCCCCN1CCCC1CO. The number of nitrogens with one attached hydrogen (secondary N) is 1. The fourth-order valence-corrected chi connectivity index (χ4v) is 4.22. The third-order valence-electron chi connectivity index (χ3n) is 5.59. The van der Waals surface area contributed by atoms with Crippen LogP contribution in [0.1, 0.15) is 55.6 Å². The number of hydrogen-bond donors (Lipinski definition) is 2. The number of nitrogens with zero attached hydrogens (tertiary/aromatic N) is 1. The van der Waals surface area contributed by atoms with Gasteiger partial charge in [-0.25, -0.2) is 0 Å². The molecule has 2 atom stereocenters. The summed E-state index contributed by atoms with van der Waals surface area (Å²) in [5, 5.41) is 12.4. The van der Waals surface area contributed by atoms with Gasteiger partial charge in [0.15, 0.2) is 0 Å². The van der Waals surface area contributed by atoms with Gasteiger partial charge < -0.3 is 10.4 Å². The number of amides is 1. The van der Waals surface area contributed by atoms with Crippen LogP contribution in [0.3, 0.4) is 0 Å². The summed E-state index contributed by atoms with van der Waals surface area (Å²) in [5.74, 6) is 0.585. The molecule has 1 amide bonds. The van der Waals surface area contributed by atoms with Crippen molar-refractivity contribution in [3.05, 3.63) is 35.4 Å². The number of rotatable bonds is 8. The van der Waals surface area contributed by atoms with E-state index >= 15 is 0 Å². The molecule has 0 bridgehead atoms. The molecule has 1 aromatic carbocycles. The minimum Gasteiger partial charge on any atom is -0.395 e. The van der Waals surface area contributed by atoms with Crippen molar-refractivity contribution in [1.82, 2.24) is 10.2 Å². The standard InChI is InChI=1S/C20H30N2O2/c23-15-18-7-5-13-22(18)12-4-3-11-21-20(24)14-17-10-9-16-6-1-2-8-19(16)17/h1-2,6,8,17-18,23H,3-5,7,9-15H2,(H,21,24). The highest BCUT2D eigenvalue weighted by atomic mass is 16.3. The van der Waals surface area contributed by atoms with Crippen LogP contribution < -0.4 is 5.32 Å². The van der Waals surface area contributed by atoms with Crippen molar-refractivity contribution in [2.45, 2.75) is 56.9 Å². The second-order valence-corrected chi connectivity index (χ2v) is 7.21. The molecular weight excluding hydrogens is 300 g/mol. The summed E-state index contributed by atoms with van der Waals surface area (Å²) in [5.41, 5.74) is 2.79. The highest BCUT2D eigenvalue weighted by Crippen LogP contribution is 2.34. The van der Waals surface area contributed by atoms with Crippen LogP contribution in [0.25, 0.3) is 0 Å². The Morgan fingerprint density at radius 1 is 1.25 bits per heavy atom. The summed E-state index contributed by atoms with van der Waals surface area (Å²) in [4.78, 5) is 14.6. The number of unbranched alkanes of at least 4 members (excludes halogenated alkanes) is 1. The first kappa shape index (κ1) is 17.4. The van der Waals surface area contributed by atoms with Gasteiger partial charge in [0.25, 0.3) is 0 Å². The predicted octanol–water partition coefficient (Wildman–Crippen LogP) is 2.46. The van der Waals surface area contributed by atoms with E-state index in [1.807, 2.05) is 0 Å². The molecule has 0 radical (unpaired) electrons. The van der Waals surface area contributed by atoms with Crippen LogP contribution in [0.2, 0.25) is 0 Å². The predicted molar refractivity (Wildman–Crippen MR) is 96.0 cm³/mol. The van der Waals surface area contributed by atoms with Crippen molar-refractivity contribution in [3.8, 4) is 0 Å². The average Bonchev–Trinajstić information content (AvgIpc) is 3.21. The van der Waals surface area contributed by atoms with Crippen molar-refractivity contribution >= 4 is 5.91 Å². The summed E-state index contributed by atoms with van der Waals surface area (Å²) in [7, 11) is 0. The van der Waals surface area contributed by atoms with E-state index in [0.717, 1.165) is 51.7 Å². The molecular formula is C20H30N2O2. The molecule has 1 aliphatic carbocycles. The summed E-state index contributed by atoms with van der Waals surface area (Å²) < 4.78 is 0. The lowest BCUT2D eigenvalue weighted by Gasteiger charge is -2.22. The lowest BCUT2D eigenvalue weighted by atomic mass is 9.97. The number of fused-ring (bicyclic) bond motifs is 1. The Morgan fingerprint density at radius 3 is 3.00 bits per heavy atom. The van der Waals surface area contributed by atoms with E-state index in [1.165, 1.54) is 17.5 Å². The number of likely N-dealkylation sites (tertiary alicyclic amines) is 1. The van der Waals surface area contributed by atoms with Crippen LogP contribution in [0.5, 0.6) is 0 Å². The van der Waals surface area contributed by atoms with E-state index in [0.29, 0.717) is 18.4 Å². The third kappa shape index (κ3) is 4.37. The highest BCUT2D eigenvalue weighted by molar-refractivity contribution is 5.77. The van der Waals surface area contributed by atoms with Gasteiger partial charge in [-0.15, -0.1) is 0 Å². The lowest BCUT2D eigenvalue weighted by Crippen LogP contribution is -2.33. The highest BCUT2D eigenvalue weighted by Gasteiger charge is 2.24. The second kappa shape index (κ2) is 8.63. The van der Waals surface area contributed by atoms with Crippen molar-refractivity contribution in [2.24, 2.45) is 0 Å². The van der Waals surface area contributed by atoms with Crippen LogP contribution >= 0.6 is 0 Å². The molecule has 2 aliphatic rings. The summed E-state index contributed by atoms with van der Waals surface area (Å²) >= 11 is 0. The van der Waals surface area contributed by atoms with Crippen LogP contribution in [0.4, 0.5) is 0 Å². The Balaban J connectivity index is 1.31. The number of hydrogen-bond acceptors (Lipinski definition) is 3. The van der Waals surface area contributed by atoms with Crippen LogP contribution in [-0.4, -0.2) is 48.2 Å². The normalized spacial score (nSPS) is 23.4. The first-order chi connectivity index (χ1) is 11.8. The zero-order valence-electron chi connectivity index (χ0n) is 14.5. The second-order valence-electron chi connectivity index (χ2n) is 7.21. The molecule has 4 nitrogen and oxygen atoms in total. The maximum Gasteiger partial charge on any atom is 0.220 e. The maximum atomic E-state index is 12.2. The van der Waals surface area contributed by atoms with Gasteiger partial charge in [0.2, 0.25) is 5.91 Å². The average molecular weight is 330 g/mol. The van der Waals surface area contributed by atoms with E-state index in [4.69, 9.17) is 0 Å². The number of aliphatic hydroxyl groups excluding tert-OH is 1. The molecule has 0 saturated carbocycles. The Bertz CT molecular complexity index is 546. The number of carbonyl (C=O) groups is 1. The first-order valence-electron chi connectivity index (χ1n) is 9.47. The summed E-state index contributed by atoms with van der Waals surface area (Å²) in [6.07, 6.45) is 7.25. The molecule has 2 N–H and O–H groups in total. The van der Waals surface area contributed by atoms with E-state index in [1.54, 1.807) is 0 Å². The quantitative estimate of drug-likeness (QED) is 0.720. The number of benzene rings is 1. The van der Waals surface area contributed by atoms with Gasteiger partial charge in [0, 0.05) is 19.0 Å². The molecule has 1 saturated heterocycles. The van der Waals surface area contributed by atoms with Crippen molar-refractivity contribution in [1.29, 1.82) is 0 Å². The van der Waals surface area contributed by atoms with Crippen molar-refractivity contribution in [3.63, 3.8) is 0 Å². The molecule has 0 spiro atoms. The fourth-order valence-electron chi connectivity index (χ4n) is 4.22. The zero-order valence-corrected chi connectivity index (χ0v) is 14.5. The minimum absolute atomic E-state index is 0.186. The molecule has 1 fully saturated rings. The van der Waals surface area contributed by atoms with Crippen molar-refractivity contribution < 1.29 is 9.90 Å². The summed E-state index contributed by atoms with van der Waals surface area (Å²) in [6.45, 7) is 3.19. The molecule has 132 valence electrons. The molecule has 3 rings (SSSR count). The largest absolute Gasteiger partial charge is 0.395 e. The van der Waals surface area contributed by atoms with Crippen LogP contribution in [-0.2, 0) is 11.2 Å². The smallest absolute Gasteiger partial charge is 0.220 e. The topological polar surface area (TPSA) is 52.6 Å². The van der Waals surface area contributed by atoms with Gasteiger partial charge in [-0.1, -0.05) is 24.3 Å². The minimum atomic E-state index is 0.186. The first-order valence-corrected chi connectivity index (χ1v) is 9.47. The molecule has 2 unspecified atom stereocenters. The fraction of sp³-hybridized carbons (Fsp3) is 0.650. The van der Waals surface area contributed by atoms with E-state index in [2.05, 4.69) is 34.5 Å². The number of carbonyl (C=O) groups excluding carboxylic acids is 1. The van der Waals surface area contributed by atoms with Gasteiger partial charge in [-0.05, 0) is 68.7 Å². The van der Waals surface area contributed by atoms with Gasteiger partial charge in [0.1, 0.15) is 0 Å². The molecule has 4 heteroatoms. The Morgan fingerprint density at radius 2 is 2.12 bits per heavy atom. The third-order valence-corrected chi connectivity index (χ3v) is 5.59. The van der Waals surface area contributed by atoms with Crippen molar-refractivity contribution in [2.75, 3.05) is 26.2 Å². The number of aliphatic hydroxyl groups is 1. The Kier molecular flexibility index (Phi) is 6.27. The summed E-state index contributed by atoms with van der Waals surface area (Å²) in [6, 6.07) is 8.89. The van der Waals surface area contributed by atoms with Gasteiger partial charge in [0.05, 0.1) is 6.61 Å². The molecule has 1 aromatic rings. The van der Waals surface area contributed by atoms with Gasteiger partial charge >= 0.3 is 0 Å². The number of aryl methyl sites for hydroxylation is 1. The Labute approximate surface area is 145 Å². The van der Waals surface area contributed by atoms with Gasteiger partial charge in [-0.3, -0.25) is 9.69 Å². The van der Waals surface area contributed by atoms with Crippen LogP contribution in [0.15, 0.2) is 24.3 Å². The molecule has 0 aromatic heterocycles. The molecule has 1 aliphatic heterocycles. The van der Waals surface area contributed by atoms with E-state index in [-0.39, 0.29) is 12.5 Å².